The molecule has 0 amide bonds. The molecule has 36 heavy (non-hydrogen) atoms. The van der Waals surface area contributed by atoms with Gasteiger partial charge in [-0.25, -0.2) is 4.79 Å². The molecule has 0 aliphatic heterocycles. The van der Waals surface area contributed by atoms with Crippen molar-refractivity contribution in [3.63, 3.8) is 0 Å². The summed E-state index contributed by atoms with van der Waals surface area (Å²) in [5, 5.41) is 9.61. The standard InChI is InChI=1S/C23H22F3I2NO6S/c1-4-14-16(27)7-12(8-17(14)28)22(34-10-19(30)31)20-15-9-13(29-36(32,33)23(24,25)26)5-6-18(15)35-21(20)11(2)3/h5-9,11,22,29H,4,10H2,1-3H3,(H,30,31). The number of nitrogens with one attached hydrogen (secondary N) is 1. The summed E-state index contributed by atoms with van der Waals surface area (Å²) in [5.41, 5.74) is -3.35. The number of furan rings is 1. The number of benzene rings is 2. The number of hydrogen-bond acceptors (Lipinski definition) is 5. The van der Waals surface area contributed by atoms with Crippen LogP contribution < -0.4 is 4.72 Å². The summed E-state index contributed by atoms with van der Waals surface area (Å²) in [6.07, 6.45) is -0.159. The van der Waals surface area contributed by atoms with Crippen molar-refractivity contribution in [3.05, 3.63) is 59.9 Å². The lowest BCUT2D eigenvalue weighted by Crippen LogP contribution is -2.29. The Kier molecular flexibility index (Phi) is 8.88. The summed E-state index contributed by atoms with van der Waals surface area (Å²) in [5.74, 6) is -0.959. The number of carboxylic acid groups (broad SMARTS) is 1. The van der Waals surface area contributed by atoms with E-state index >= 15 is 0 Å². The number of hydrogen-bond donors (Lipinski definition) is 2. The Hall–Kier alpha value is -1.59. The van der Waals surface area contributed by atoms with Gasteiger partial charge in [-0.1, -0.05) is 20.8 Å². The Bertz CT molecular complexity index is 1380. The molecule has 13 heteroatoms. The molecule has 1 heterocycles. The predicted octanol–water partition coefficient (Wildman–Crippen LogP) is 6.78. The Morgan fingerprint density at radius 2 is 1.78 bits per heavy atom. The van der Waals surface area contributed by atoms with Crippen molar-refractivity contribution >= 4 is 77.8 Å². The van der Waals surface area contributed by atoms with Crippen LogP contribution >= 0.6 is 45.2 Å². The highest BCUT2D eigenvalue weighted by Gasteiger charge is 2.46. The van der Waals surface area contributed by atoms with Crippen molar-refractivity contribution < 1.29 is 40.6 Å². The first-order chi connectivity index (χ1) is 16.7. The first kappa shape index (κ1) is 29.0. The number of anilines is 1. The second-order valence-corrected chi connectivity index (χ2v) is 12.2. The third-order valence-electron chi connectivity index (χ3n) is 5.29. The molecule has 1 atom stereocenters. The number of carbonyl (C=O) groups is 1. The highest BCUT2D eigenvalue weighted by Crippen LogP contribution is 2.42. The highest BCUT2D eigenvalue weighted by atomic mass is 127. The second-order valence-electron chi connectivity index (χ2n) is 8.20. The van der Waals surface area contributed by atoms with Crippen molar-refractivity contribution in [2.45, 2.75) is 44.7 Å². The van der Waals surface area contributed by atoms with Crippen molar-refractivity contribution in [1.82, 2.24) is 0 Å². The summed E-state index contributed by atoms with van der Waals surface area (Å²) < 4.78 is 77.4. The molecular weight excluding hydrogens is 729 g/mol. The Labute approximate surface area is 233 Å². The number of ether oxygens (including phenoxy) is 1. The molecule has 3 aromatic rings. The van der Waals surface area contributed by atoms with Crippen LogP contribution in [0.15, 0.2) is 34.7 Å². The third-order valence-corrected chi connectivity index (χ3v) is 8.33. The fourth-order valence-electron chi connectivity index (χ4n) is 3.72. The van der Waals surface area contributed by atoms with Gasteiger partial charge in [0.1, 0.15) is 24.1 Å². The normalized spacial score (nSPS) is 13.4. The van der Waals surface area contributed by atoms with Crippen LogP contribution in [-0.2, 0) is 26.0 Å². The lowest BCUT2D eigenvalue weighted by atomic mass is 9.93. The molecule has 0 bridgehead atoms. The SMILES string of the molecule is CCc1c(I)cc(C(OCC(=O)O)c2c(C(C)C)oc3ccc(NS(=O)(=O)C(F)(F)F)cc23)cc1I. The zero-order chi connectivity index (χ0) is 27.0. The Morgan fingerprint density at radius 3 is 2.28 bits per heavy atom. The number of carboxylic acids is 1. The first-order valence-electron chi connectivity index (χ1n) is 10.6. The van der Waals surface area contributed by atoms with E-state index in [1.165, 1.54) is 12.1 Å². The van der Waals surface area contributed by atoms with Gasteiger partial charge in [0.15, 0.2) is 0 Å². The number of fused-ring (bicyclic) bond motifs is 1. The molecule has 0 radical (unpaired) electrons. The van der Waals surface area contributed by atoms with Gasteiger partial charge in [0.25, 0.3) is 0 Å². The molecule has 0 aliphatic rings. The van der Waals surface area contributed by atoms with E-state index in [0.717, 1.165) is 25.2 Å². The summed E-state index contributed by atoms with van der Waals surface area (Å²) >= 11 is 4.38. The lowest BCUT2D eigenvalue weighted by Gasteiger charge is -2.21. The largest absolute Gasteiger partial charge is 0.516 e. The number of sulfonamides is 1. The number of rotatable bonds is 9. The Morgan fingerprint density at radius 1 is 1.17 bits per heavy atom. The van der Waals surface area contributed by atoms with Gasteiger partial charge in [-0.15, -0.1) is 0 Å². The molecule has 0 spiro atoms. The van der Waals surface area contributed by atoms with Gasteiger partial charge in [-0.3, -0.25) is 4.72 Å². The van der Waals surface area contributed by atoms with Crippen molar-refractivity contribution in [2.75, 3.05) is 11.3 Å². The Balaban J connectivity index is 2.27. The minimum atomic E-state index is -5.65. The monoisotopic (exact) mass is 751 g/mol. The molecule has 0 fully saturated rings. The maximum Gasteiger partial charge on any atom is 0.516 e. The predicted molar refractivity (Wildman–Crippen MR) is 146 cm³/mol. The van der Waals surface area contributed by atoms with Crippen LogP contribution in [-0.4, -0.2) is 31.6 Å². The van der Waals surface area contributed by atoms with Crippen LogP contribution in [0.5, 0.6) is 0 Å². The van der Waals surface area contributed by atoms with Crippen LogP contribution in [0, 0.1) is 7.14 Å². The molecule has 0 saturated carbocycles. The molecule has 7 nitrogen and oxygen atoms in total. The van der Waals surface area contributed by atoms with E-state index in [0.29, 0.717) is 27.9 Å². The van der Waals surface area contributed by atoms with Gasteiger partial charge in [-0.2, -0.15) is 21.6 Å². The minimum Gasteiger partial charge on any atom is -0.480 e. The van der Waals surface area contributed by atoms with E-state index in [-0.39, 0.29) is 11.6 Å². The van der Waals surface area contributed by atoms with Crippen LogP contribution in [0.25, 0.3) is 11.0 Å². The number of halogens is 5. The van der Waals surface area contributed by atoms with Crippen molar-refractivity contribution in [3.8, 4) is 0 Å². The van der Waals surface area contributed by atoms with Crippen molar-refractivity contribution in [2.24, 2.45) is 0 Å². The molecule has 2 aromatic carbocycles. The van der Waals surface area contributed by atoms with E-state index in [4.69, 9.17) is 9.15 Å². The second kappa shape index (κ2) is 11.0. The molecule has 2 N–H and O–H groups in total. The number of aliphatic carboxylic acids is 1. The zero-order valence-corrected chi connectivity index (χ0v) is 24.4. The van der Waals surface area contributed by atoms with Gasteiger partial charge in [-0.05, 0) is 93.1 Å². The van der Waals surface area contributed by atoms with Crippen LogP contribution in [0.4, 0.5) is 18.9 Å². The van der Waals surface area contributed by atoms with Crippen LogP contribution in [0.3, 0.4) is 0 Å². The lowest BCUT2D eigenvalue weighted by molar-refractivity contribution is -0.143. The van der Waals surface area contributed by atoms with Gasteiger partial charge in [0, 0.05) is 29.7 Å². The van der Waals surface area contributed by atoms with Crippen molar-refractivity contribution in [1.29, 1.82) is 0 Å². The smallest absolute Gasteiger partial charge is 0.480 e. The molecule has 1 aromatic heterocycles. The maximum atomic E-state index is 12.9. The van der Waals surface area contributed by atoms with Crippen LogP contribution in [0.1, 0.15) is 55.2 Å². The third kappa shape index (κ3) is 6.10. The summed E-state index contributed by atoms with van der Waals surface area (Å²) in [6.45, 7) is 5.06. The van der Waals surface area contributed by atoms with Gasteiger partial charge in [0.05, 0.1) is 0 Å². The average molecular weight is 751 g/mol. The molecule has 196 valence electrons. The fourth-order valence-corrected chi connectivity index (χ4v) is 6.86. The zero-order valence-electron chi connectivity index (χ0n) is 19.2. The van der Waals surface area contributed by atoms with E-state index in [2.05, 4.69) is 45.2 Å². The molecule has 3 rings (SSSR count). The molecule has 1 unspecified atom stereocenters. The van der Waals surface area contributed by atoms with Gasteiger partial charge < -0.3 is 14.3 Å². The molecule has 0 aliphatic carbocycles. The summed E-state index contributed by atoms with van der Waals surface area (Å²) in [4.78, 5) is 11.4. The average Bonchev–Trinajstić information content (AvgIpc) is 3.11. The molecular formula is C23H22F3I2NO6S. The van der Waals surface area contributed by atoms with E-state index in [1.807, 2.05) is 32.9 Å². The molecule has 0 saturated heterocycles. The maximum absolute atomic E-state index is 12.9. The summed E-state index contributed by atoms with van der Waals surface area (Å²) in [6, 6.07) is 7.50. The van der Waals surface area contributed by atoms with Crippen LogP contribution in [0.2, 0.25) is 0 Å². The number of alkyl halides is 3. The minimum absolute atomic E-state index is 0.202. The van der Waals surface area contributed by atoms with Gasteiger partial charge in [0.2, 0.25) is 0 Å². The quantitative estimate of drug-likeness (QED) is 0.234. The van der Waals surface area contributed by atoms with Gasteiger partial charge >= 0.3 is 21.5 Å². The van der Waals surface area contributed by atoms with E-state index in [1.54, 1.807) is 4.72 Å². The highest BCUT2D eigenvalue weighted by molar-refractivity contribution is 14.1. The van der Waals surface area contributed by atoms with E-state index in [9.17, 15) is 31.5 Å². The first-order valence-corrected chi connectivity index (χ1v) is 14.3. The van der Waals surface area contributed by atoms with E-state index < -0.39 is 34.2 Å². The topological polar surface area (TPSA) is 106 Å². The summed E-state index contributed by atoms with van der Waals surface area (Å²) in [7, 11) is -5.65. The fraction of sp³-hybridized carbons (Fsp3) is 0.348.